The summed E-state index contributed by atoms with van der Waals surface area (Å²) in [6.07, 6.45) is 2.40. The number of piperidine rings is 1. The topological polar surface area (TPSA) is 55.8 Å². The Labute approximate surface area is 110 Å². The number of amides is 1. The zero-order valence-electron chi connectivity index (χ0n) is 11.9. The molecule has 0 aromatic heterocycles. The largest absolute Gasteiger partial charge is 0.392 e. The fraction of sp³-hybridized carbons (Fsp3) is 0.923. The summed E-state index contributed by atoms with van der Waals surface area (Å²) in [4.78, 5) is 16.2. The Morgan fingerprint density at radius 3 is 2.67 bits per heavy atom. The maximum absolute atomic E-state index is 11.5. The number of aliphatic hydroxyl groups is 1. The molecule has 0 aromatic carbocycles. The number of hydrogen-bond acceptors (Lipinski definition) is 4. The maximum Gasteiger partial charge on any atom is 0.221 e. The molecule has 1 aliphatic rings. The van der Waals surface area contributed by atoms with E-state index in [-0.39, 0.29) is 5.91 Å². The first-order valence-corrected chi connectivity index (χ1v) is 6.82. The van der Waals surface area contributed by atoms with E-state index in [2.05, 4.69) is 29.2 Å². The van der Waals surface area contributed by atoms with Crippen LogP contribution in [-0.2, 0) is 4.79 Å². The fourth-order valence-electron chi connectivity index (χ4n) is 2.25. The van der Waals surface area contributed by atoms with Gasteiger partial charge in [-0.1, -0.05) is 0 Å². The van der Waals surface area contributed by atoms with Gasteiger partial charge in [0.05, 0.1) is 6.10 Å². The fourth-order valence-corrected chi connectivity index (χ4v) is 2.25. The van der Waals surface area contributed by atoms with Gasteiger partial charge in [-0.3, -0.25) is 4.79 Å². The highest BCUT2D eigenvalue weighted by Gasteiger charge is 2.20. The number of aliphatic hydroxyl groups excluding tert-OH is 1. The van der Waals surface area contributed by atoms with Gasteiger partial charge in [0, 0.05) is 25.6 Å². The Balaban J connectivity index is 2.16. The summed E-state index contributed by atoms with van der Waals surface area (Å²) in [6, 6.07) is 0.603. The molecule has 0 aromatic rings. The molecule has 1 saturated heterocycles. The highest BCUT2D eigenvalue weighted by atomic mass is 16.3. The van der Waals surface area contributed by atoms with E-state index in [0.29, 0.717) is 19.0 Å². The van der Waals surface area contributed by atoms with Gasteiger partial charge in [-0.05, 0) is 47.0 Å². The van der Waals surface area contributed by atoms with Gasteiger partial charge in [-0.15, -0.1) is 0 Å². The van der Waals surface area contributed by atoms with Crippen LogP contribution in [-0.4, -0.2) is 73.2 Å². The van der Waals surface area contributed by atoms with Gasteiger partial charge in [-0.2, -0.15) is 0 Å². The van der Waals surface area contributed by atoms with Crippen molar-refractivity contribution in [2.45, 2.75) is 38.3 Å². The number of carbonyl (C=O) groups excluding carboxylic acids is 1. The summed E-state index contributed by atoms with van der Waals surface area (Å²) in [7, 11) is 4.25. The molecule has 0 radical (unpaired) electrons. The molecule has 1 aliphatic heterocycles. The summed E-state index contributed by atoms with van der Waals surface area (Å²) in [5.74, 6) is 0.0238. The lowest BCUT2D eigenvalue weighted by Gasteiger charge is -2.35. The normalized spacial score (nSPS) is 20.1. The number of carbonyl (C=O) groups is 1. The zero-order valence-corrected chi connectivity index (χ0v) is 11.9. The van der Waals surface area contributed by atoms with Crippen LogP contribution in [0.3, 0.4) is 0 Å². The van der Waals surface area contributed by atoms with Crippen molar-refractivity contribution >= 4 is 5.91 Å². The van der Waals surface area contributed by atoms with Crippen molar-refractivity contribution in [1.29, 1.82) is 0 Å². The van der Waals surface area contributed by atoms with Gasteiger partial charge in [0.1, 0.15) is 0 Å². The van der Waals surface area contributed by atoms with Crippen molar-refractivity contribution < 1.29 is 9.90 Å². The molecule has 0 bridgehead atoms. The predicted octanol–water partition coefficient (Wildman–Crippen LogP) is -0.100. The van der Waals surface area contributed by atoms with E-state index in [4.69, 9.17) is 5.11 Å². The van der Waals surface area contributed by atoms with Crippen LogP contribution in [0.2, 0.25) is 0 Å². The molecule has 5 nitrogen and oxygen atoms in total. The summed E-state index contributed by atoms with van der Waals surface area (Å²) in [5, 5.41) is 11.8. The average Bonchev–Trinajstić information content (AvgIpc) is 2.34. The molecule has 0 aliphatic carbocycles. The van der Waals surface area contributed by atoms with Crippen molar-refractivity contribution in [3.05, 3.63) is 0 Å². The minimum absolute atomic E-state index is 0.0238. The molecule has 18 heavy (non-hydrogen) atoms. The van der Waals surface area contributed by atoms with E-state index in [0.717, 1.165) is 19.6 Å². The summed E-state index contributed by atoms with van der Waals surface area (Å²) in [5.41, 5.74) is 0. The third kappa shape index (κ3) is 5.80. The molecule has 1 unspecified atom stereocenters. The first-order valence-electron chi connectivity index (χ1n) is 6.82. The molecule has 106 valence electrons. The first kappa shape index (κ1) is 15.4. The SMILES string of the molecule is CC(O)CNC(=O)CCN(C)C1CCN(C)CC1. The van der Waals surface area contributed by atoms with E-state index in [1.165, 1.54) is 12.8 Å². The number of nitrogens with zero attached hydrogens (tertiary/aromatic N) is 2. The standard InChI is InChI=1S/C13H27N3O2/c1-11(17)10-14-13(18)6-9-16(3)12-4-7-15(2)8-5-12/h11-12,17H,4-10H2,1-3H3,(H,14,18). The van der Waals surface area contributed by atoms with Gasteiger partial charge in [0.2, 0.25) is 5.91 Å². The number of rotatable bonds is 6. The molecule has 1 rings (SSSR count). The number of likely N-dealkylation sites (tertiary alicyclic amines) is 1. The van der Waals surface area contributed by atoms with E-state index >= 15 is 0 Å². The van der Waals surface area contributed by atoms with Gasteiger partial charge in [0.15, 0.2) is 0 Å². The number of nitrogens with one attached hydrogen (secondary N) is 1. The van der Waals surface area contributed by atoms with Crippen LogP contribution in [0.25, 0.3) is 0 Å². The summed E-state index contributed by atoms with van der Waals surface area (Å²) in [6.45, 7) is 5.09. The number of hydrogen-bond donors (Lipinski definition) is 2. The average molecular weight is 257 g/mol. The van der Waals surface area contributed by atoms with Gasteiger partial charge >= 0.3 is 0 Å². The second-order valence-corrected chi connectivity index (χ2v) is 5.42. The molecule has 0 saturated carbocycles. The van der Waals surface area contributed by atoms with Crippen molar-refractivity contribution in [3.8, 4) is 0 Å². The Bertz CT molecular complexity index is 251. The molecule has 1 amide bonds. The van der Waals surface area contributed by atoms with Crippen LogP contribution >= 0.6 is 0 Å². The van der Waals surface area contributed by atoms with Crippen LogP contribution in [0, 0.1) is 0 Å². The minimum Gasteiger partial charge on any atom is -0.392 e. The van der Waals surface area contributed by atoms with Crippen LogP contribution in [0.15, 0.2) is 0 Å². The van der Waals surface area contributed by atoms with Crippen molar-refractivity contribution in [2.75, 3.05) is 40.3 Å². The van der Waals surface area contributed by atoms with Gasteiger partial charge in [0.25, 0.3) is 0 Å². The molecule has 1 fully saturated rings. The van der Waals surface area contributed by atoms with Crippen LogP contribution in [0.5, 0.6) is 0 Å². The van der Waals surface area contributed by atoms with Gasteiger partial charge < -0.3 is 20.2 Å². The lowest BCUT2D eigenvalue weighted by molar-refractivity contribution is -0.121. The lowest BCUT2D eigenvalue weighted by atomic mass is 10.0. The lowest BCUT2D eigenvalue weighted by Crippen LogP contribution is -2.43. The van der Waals surface area contributed by atoms with Crippen LogP contribution < -0.4 is 5.32 Å². The first-order chi connectivity index (χ1) is 8.49. The van der Waals surface area contributed by atoms with E-state index in [1.54, 1.807) is 6.92 Å². The molecule has 2 N–H and O–H groups in total. The van der Waals surface area contributed by atoms with Crippen LogP contribution in [0.1, 0.15) is 26.2 Å². The molecule has 5 heteroatoms. The van der Waals surface area contributed by atoms with E-state index < -0.39 is 6.10 Å². The second kappa shape index (κ2) is 7.71. The third-order valence-electron chi connectivity index (χ3n) is 3.60. The van der Waals surface area contributed by atoms with Crippen molar-refractivity contribution in [1.82, 2.24) is 15.1 Å². The smallest absolute Gasteiger partial charge is 0.221 e. The van der Waals surface area contributed by atoms with Crippen molar-refractivity contribution in [2.24, 2.45) is 0 Å². The monoisotopic (exact) mass is 257 g/mol. The van der Waals surface area contributed by atoms with E-state index in [1.807, 2.05) is 0 Å². The Hall–Kier alpha value is -0.650. The van der Waals surface area contributed by atoms with Gasteiger partial charge in [-0.25, -0.2) is 0 Å². The predicted molar refractivity (Wildman–Crippen MR) is 72.5 cm³/mol. The summed E-state index contributed by atoms with van der Waals surface area (Å²) >= 11 is 0. The van der Waals surface area contributed by atoms with Crippen molar-refractivity contribution in [3.63, 3.8) is 0 Å². The Morgan fingerprint density at radius 2 is 2.11 bits per heavy atom. The molecule has 1 heterocycles. The minimum atomic E-state index is -0.472. The van der Waals surface area contributed by atoms with E-state index in [9.17, 15) is 4.79 Å². The second-order valence-electron chi connectivity index (χ2n) is 5.42. The third-order valence-corrected chi connectivity index (χ3v) is 3.60. The molecule has 0 spiro atoms. The molecular formula is C13H27N3O2. The highest BCUT2D eigenvalue weighted by molar-refractivity contribution is 5.76. The molecule has 1 atom stereocenters. The maximum atomic E-state index is 11.5. The quantitative estimate of drug-likeness (QED) is 0.698. The summed E-state index contributed by atoms with van der Waals surface area (Å²) < 4.78 is 0. The highest BCUT2D eigenvalue weighted by Crippen LogP contribution is 2.13. The molecular weight excluding hydrogens is 230 g/mol. The van der Waals surface area contributed by atoms with Crippen LogP contribution in [0.4, 0.5) is 0 Å². The Kier molecular flexibility index (Phi) is 6.60. The Morgan fingerprint density at radius 1 is 1.50 bits per heavy atom. The zero-order chi connectivity index (χ0) is 13.5.